The molecule has 1 saturated heterocycles. The first-order valence-electron chi connectivity index (χ1n) is 7.94. The first kappa shape index (κ1) is 21.0. The van der Waals surface area contributed by atoms with Crippen LogP contribution in [0.4, 0.5) is 0 Å². The van der Waals surface area contributed by atoms with Crippen LogP contribution in [0.5, 0.6) is 5.75 Å². The number of methoxy groups -OCH3 is 1. The molecule has 1 aliphatic heterocycles. The zero-order valence-electron chi connectivity index (χ0n) is 14.2. The van der Waals surface area contributed by atoms with Crippen molar-refractivity contribution in [3.05, 3.63) is 28.8 Å². The van der Waals surface area contributed by atoms with Crippen LogP contribution in [-0.2, 0) is 14.9 Å². The molecular weight excluding hydrogens is 351 g/mol. The van der Waals surface area contributed by atoms with E-state index in [4.69, 9.17) is 21.1 Å². The maximum absolute atomic E-state index is 12.0. The molecule has 24 heavy (non-hydrogen) atoms. The Morgan fingerprint density at radius 2 is 2.08 bits per heavy atom. The molecule has 136 valence electrons. The molecule has 1 heterocycles. The van der Waals surface area contributed by atoms with Gasteiger partial charge in [0.2, 0.25) is 5.91 Å². The average molecular weight is 377 g/mol. The molecule has 0 unspecified atom stereocenters. The summed E-state index contributed by atoms with van der Waals surface area (Å²) in [5.41, 5.74) is 0.841. The fraction of sp³-hybridized carbons (Fsp3) is 0.588. The van der Waals surface area contributed by atoms with Crippen LogP contribution in [0.1, 0.15) is 24.8 Å². The maximum Gasteiger partial charge on any atom is 0.221 e. The second kappa shape index (κ2) is 10.1. The summed E-state index contributed by atoms with van der Waals surface area (Å²) < 4.78 is 11.1. The second-order valence-electron chi connectivity index (χ2n) is 5.87. The van der Waals surface area contributed by atoms with Gasteiger partial charge in [0.25, 0.3) is 0 Å². The topological polar surface area (TPSA) is 59.6 Å². The lowest BCUT2D eigenvalue weighted by atomic mass is 9.73. The van der Waals surface area contributed by atoms with Gasteiger partial charge in [-0.2, -0.15) is 0 Å². The van der Waals surface area contributed by atoms with Crippen molar-refractivity contribution in [2.75, 3.05) is 40.5 Å². The number of carbonyl (C=O) groups is 1. The molecule has 0 saturated carbocycles. The van der Waals surface area contributed by atoms with Gasteiger partial charge in [-0.05, 0) is 38.1 Å². The molecule has 2 N–H and O–H groups in total. The predicted octanol–water partition coefficient (Wildman–Crippen LogP) is 2.54. The standard InChI is InChI=1S/C17H25ClN2O3.ClH/c1-19-8-5-16(21)20-12-17(6-9-23-10-7-17)14-11-13(18)3-4-15(14)22-2;/h3-4,11,19H,5-10,12H2,1-2H3,(H,20,21);1H. The molecule has 1 aromatic rings. The van der Waals surface area contributed by atoms with Gasteiger partial charge in [0.05, 0.1) is 7.11 Å². The molecular formula is C17H26Cl2N2O3. The van der Waals surface area contributed by atoms with Crippen LogP contribution in [-0.4, -0.2) is 46.4 Å². The van der Waals surface area contributed by atoms with E-state index in [1.54, 1.807) is 7.11 Å². The Kier molecular flexibility index (Phi) is 8.84. The van der Waals surface area contributed by atoms with Crippen molar-refractivity contribution in [2.24, 2.45) is 0 Å². The molecule has 1 fully saturated rings. The van der Waals surface area contributed by atoms with Crippen LogP contribution in [0.3, 0.4) is 0 Å². The molecule has 1 amide bonds. The van der Waals surface area contributed by atoms with E-state index in [1.807, 2.05) is 25.2 Å². The van der Waals surface area contributed by atoms with Gasteiger partial charge in [0.15, 0.2) is 0 Å². The highest BCUT2D eigenvalue weighted by Crippen LogP contribution is 2.40. The molecule has 0 atom stereocenters. The average Bonchev–Trinajstić information content (AvgIpc) is 2.59. The lowest BCUT2D eigenvalue weighted by molar-refractivity contribution is -0.121. The van der Waals surface area contributed by atoms with E-state index in [0.29, 0.717) is 37.7 Å². The Balaban J connectivity index is 0.00000288. The number of benzene rings is 1. The van der Waals surface area contributed by atoms with Gasteiger partial charge in [0.1, 0.15) is 5.75 Å². The van der Waals surface area contributed by atoms with E-state index in [-0.39, 0.29) is 23.7 Å². The summed E-state index contributed by atoms with van der Waals surface area (Å²) in [6, 6.07) is 5.66. The number of nitrogens with one attached hydrogen (secondary N) is 2. The quantitative estimate of drug-likeness (QED) is 0.767. The molecule has 1 aromatic carbocycles. The second-order valence-corrected chi connectivity index (χ2v) is 6.30. The van der Waals surface area contributed by atoms with Crippen molar-refractivity contribution in [1.82, 2.24) is 10.6 Å². The number of rotatable bonds is 7. The Morgan fingerprint density at radius 1 is 1.38 bits per heavy atom. The van der Waals surface area contributed by atoms with Crippen LogP contribution in [0, 0.1) is 0 Å². The van der Waals surface area contributed by atoms with Crippen molar-refractivity contribution in [2.45, 2.75) is 24.7 Å². The summed E-state index contributed by atoms with van der Waals surface area (Å²) in [4.78, 5) is 12.0. The van der Waals surface area contributed by atoms with Gasteiger partial charge in [-0.1, -0.05) is 11.6 Å². The number of halogens is 2. The summed E-state index contributed by atoms with van der Waals surface area (Å²) >= 11 is 6.20. The summed E-state index contributed by atoms with van der Waals surface area (Å²) in [6.45, 7) is 2.57. The van der Waals surface area contributed by atoms with Gasteiger partial charge in [-0.15, -0.1) is 12.4 Å². The summed E-state index contributed by atoms with van der Waals surface area (Å²) in [7, 11) is 3.50. The summed E-state index contributed by atoms with van der Waals surface area (Å²) in [5.74, 6) is 0.854. The third-order valence-electron chi connectivity index (χ3n) is 4.41. The van der Waals surface area contributed by atoms with E-state index in [0.717, 1.165) is 24.2 Å². The van der Waals surface area contributed by atoms with Crippen LogP contribution in [0.15, 0.2) is 18.2 Å². The molecule has 0 spiro atoms. The van der Waals surface area contributed by atoms with Crippen molar-refractivity contribution < 1.29 is 14.3 Å². The molecule has 5 nitrogen and oxygen atoms in total. The molecule has 0 aromatic heterocycles. The largest absolute Gasteiger partial charge is 0.496 e. The minimum atomic E-state index is -0.205. The lowest BCUT2D eigenvalue weighted by Gasteiger charge is -2.38. The first-order valence-corrected chi connectivity index (χ1v) is 8.32. The number of hydrogen-bond donors (Lipinski definition) is 2. The van der Waals surface area contributed by atoms with E-state index in [2.05, 4.69) is 10.6 Å². The van der Waals surface area contributed by atoms with Crippen molar-refractivity contribution in [3.63, 3.8) is 0 Å². The van der Waals surface area contributed by atoms with Crippen LogP contribution >= 0.6 is 24.0 Å². The van der Waals surface area contributed by atoms with Gasteiger partial charge < -0.3 is 20.1 Å². The Hall–Kier alpha value is -1.01. The third-order valence-corrected chi connectivity index (χ3v) is 4.64. The number of ether oxygens (including phenoxy) is 2. The van der Waals surface area contributed by atoms with E-state index in [1.165, 1.54) is 0 Å². The molecule has 0 radical (unpaired) electrons. The van der Waals surface area contributed by atoms with Gasteiger partial charge >= 0.3 is 0 Å². The number of carbonyl (C=O) groups excluding carboxylic acids is 1. The van der Waals surface area contributed by atoms with E-state index < -0.39 is 0 Å². The Bertz CT molecular complexity index is 535. The minimum Gasteiger partial charge on any atom is -0.496 e. The first-order chi connectivity index (χ1) is 11.1. The van der Waals surface area contributed by atoms with Crippen LogP contribution < -0.4 is 15.4 Å². The Morgan fingerprint density at radius 3 is 2.71 bits per heavy atom. The molecule has 0 aliphatic carbocycles. The number of hydrogen-bond acceptors (Lipinski definition) is 4. The highest BCUT2D eigenvalue weighted by molar-refractivity contribution is 6.30. The highest BCUT2D eigenvalue weighted by Gasteiger charge is 2.37. The fourth-order valence-electron chi connectivity index (χ4n) is 2.99. The third kappa shape index (κ3) is 5.24. The van der Waals surface area contributed by atoms with Crippen LogP contribution in [0.2, 0.25) is 5.02 Å². The van der Waals surface area contributed by atoms with Crippen molar-refractivity contribution in [1.29, 1.82) is 0 Å². The monoisotopic (exact) mass is 376 g/mol. The number of amides is 1. The smallest absolute Gasteiger partial charge is 0.221 e. The van der Waals surface area contributed by atoms with Gasteiger partial charge in [0, 0.05) is 48.7 Å². The Labute approximate surface area is 154 Å². The fourth-order valence-corrected chi connectivity index (χ4v) is 3.16. The normalized spacial score (nSPS) is 16.1. The maximum atomic E-state index is 12.0. The SMILES string of the molecule is CNCCC(=O)NCC1(c2cc(Cl)ccc2OC)CCOCC1.Cl. The summed E-state index contributed by atoms with van der Waals surface area (Å²) in [5, 5.41) is 6.72. The molecule has 2 rings (SSSR count). The minimum absolute atomic E-state index is 0. The van der Waals surface area contributed by atoms with Gasteiger partial charge in [-0.25, -0.2) is 0 Å². The highest BCUT2D eigenvalue weighted by atomic mass is 35.5. The summed E-state index contributed by atoms with van der Waals surface area (Å²) in [6.07, 6.45) is 2.13. The lowest BCUT2D eigenvalue weighted by Crippen LogP contribution is -2.45. The van der Waals surface area contributed by atoms with Crippen molar-refractivity contribution in [3.8, 4) is 5.75 Å². The predicted molar refractivity (Wildman–Crippen MR) is 98.5 cm³/mol. The zero-order valence-corrected chi connectivity index (χ0v) is 15.8. The molecule has 7 heteroatoms. The molecule has 0 bridgehead atoms. The zero-order chi connectivity index (χ0) is 16.7. The van der Waals surface area contributed by atoms with E-state index >= 15 is 0 Å². The van der Waals surface area contributed by atoms with E-state index in [9.17, 15) is 4.79 Å². The van der Waals surface area contributed by atoms with Crippen molar-refractivity contribution >= 4 is 29.9 Å². The van der Waals surface area contributed by atoms with Gasteiger partial charge in [-0.3, -0.25) is 4.79 Å². The molecule has 1 aliphatic rings. The van der Waals surface area contributed by atoms with Crippen LogP contribution in [0.25, 0.3) is 0 Å².